The van der Waals surface area contributed by atoms with Crippen molar-refractivity contribution in [2.24, 2.45) is 11.3 Å². The lowest BCUT2D eigenvalue weighted by molar-refractivity contribution is -0.140. The van der Waals surface area contributed by atoms with E-state index in [0.717, 1.165) is 41.7 Å². The highest BCUT2D eigenvalue weighted by Crippen LogP contribution is 2.59. The molecule has 1 aliphatic heterocycles. The topological polar surface area (TPSA) is 49.8 Å². The van der Waals surface area contributed by atoms with Gasteiger partial charge < -0.3 is 9.84 Å². The van der Waals surface area contributed by atoms with E-state index in [1.54, 1.807) is 18.9 Å². The molecular weight excluding hydrogens is 366 g/mol. The first-order chi connectivity index (χ1) is 12.2. The second kappa shape index (κ2) is 7.49. The average molecular weight is 394 g/mol. The fourth-order valence-corrected chi connectivity index (χ4v) is 5.81. The average Bonchev–Trinajstić information content (AvgIpc) is 2.92. The summed E-state index contributed by atoms with van der Waals surface area (Å²) >= 11 is 6.13. The summed E-state index contributed by atoms with van der Waals surface area (Å²) in [6.45, 7) is 5.13. The maximum Gasteiger partial charge on any atom is 0.312 e. The van der Waals surface area contributed by atoms with Crippen molar-refractivity contribution in [1.82, 2.24) is 4.31 Å². The maximum atomic E-state index is 12.2. The van der Waals surface area contributed by atoms with E-state index in [0.29, 0.717) is 6.54 Å². The SMILES string of the molecule is COc1ccc(CN(C)S)c(C2SC3=C(CC(C)(C)CC3)C2C(=O)O)c1. The van der Waals surface area contributed by atoms with E-state index in [-0.39, 0.29) is 10.7 Å². The fraction of sp³-hybridized carbons (Fsp3) is 0.550. The van der Waals surface area contributed by atoms with Crippen LogP contribution in [0.1, 0.15) is 49.5 Å². The molecule has 0 bridgehead atoms. The predicted octanol–water partition coefficient (Wildman–Crippen LogP) is 4.92. The Morgan fingerprint density at radius 3 is 2.81 bits per heavy atom. The van der Waals surface area contributed by atoms with Gasteiger partial charge in [0.1, 0.15) is 5.75 Å². The number of hydrogen-bond acceptors (Lipinski definition) is 5. The first kappa shape index (κ1) is 19.6. The van der Waals surface area contributed by atoms with Gasteiger partial charge in [0.2, 0.25) is 0 Å². The molecule has 2 atom stereocenters. The Morgan fingerprint density at radius 2 is 2.19 bits per heavy atom. The Bertz CT molecular complexity index is 743. The van der Waals surface area contributed by atoms with Crippen LogP contribution in [0.15, 0.2) is 28.7 Å². The van der Waals surface area contributed by atoms with Crippen LogP contribution >= 0.6 is 24.6 Å². The zero-order valence-electron chi connectivity index (χ0n) is 15.8. The summed E-state index contributed by atoms with van der Waals surface area (Å²) in [5.74, 6) is -0.427. The molecule has 2 unspecified atom stereocenters. The van der Waals surface area contributed by atoms with Crippen LogP contribution in [0.3, 0.4) is 0 Å². The molecule has 1 aromatic carbocycles. The molecule has 6 heteroatoms. The largest absolute Gasteiger partial charge is 0.497 e. The van der Waals surface area contributed by atoms with Crippen molar-refractivity contribution < 1.29 is 14.6 Å². The van der Waals surface area contributed by atoms with Crippen molar-refractivity contribution in [3.63, 3.8) is 0 Å². The van der Waals surface area contributed by atoms with Gasteiger partial charge in [-0.3, -0.25) is 9.10 Å². The highest BCUT2D eigenvalue weighted by Gasteiger charge is 2.45. The molecule has 1 aliphatic carbocycles. The van der Waals surface area contributed by atoms with Gasteiger partial charge in [-0.15, -0.1) is 11.8 Å². The Morgan fingerprint density at radius 1 is 1.46 bits per heavy atom. The Balaban J connectivity index is 2.03. The van der Waals surface area contributed by atoms with Gasteiger partial charge in [0.15, 0.2) is 0 Å². The Labute approximate surface area is 165 Å². The van der Waals surface area contributed by atoms with Crippen LogP contribution in [0.5, 0.6) is 5.75 Å². The van der Waals surface area contributed by atoms with E-state index in [9.17, 15) is 9.90 Å². The van der Waals surface area contributed by atoms with Gasteiger partial charge in [-0.25, -0.2) is 0 Å². The molecular formula is C20H27NO3S2. The van der Waals surface area contributed by atoms with Crippen molar-refractivity contribution in [3.05, 3.63) is 39.8 Å². The second-order valence-electron chi connectivity index (χ2n) is 8.02. The van der Waals surface area contributed by atoms with Crippen LogP contribution in [0.2, 0.25) is 0 Å². The minimum atomic E-state index is -0.724. The summed E-state index contributed by atoms with van der Waals surface area (Å²) in [6.07, 6.45) is 2.97. The predicted molar refractivity (Wildman–Crippen MR) is 110 cm³/mol. The molecule has 26 heavy (non-hydrogen) atoms. The molecule has 0 saturated carbocycles. The van der Waals surface area contributed by atoms with Crippen molar-refractivity contribution in [2.75, 3.05) is 14.2 Å². The van der Waals surface area contributed by atoms with Gasteiger partial charge in [-0.2, -0.15) is 0 Å². The zero-order chi connectivity index (χ0) is 19.1. The number of benzene rings is 1. The van der Waals surface area contributed by atoms with Crippen LogP contribution in [0, 0.1) is 11.3 Å². The highest BCUT2D eigenvalue weighted by atomic mass is 32.2. The number of nitrogens with zero attached hydrogens (tertiary/aromatic N) is 1. The zero-order valence-corrected chi connectivity index (χ0v) is 17.5. The standard InChI is InChI=1S/C20H27NO3S2/c1-20(2)8-7-16-15(10-20)17(19(22)23)18(26-16)14-9-13(24-4)6-5-12(14)11-21(3)25/h5-6,9,17-18,25H,7-8,10-11H2,1-4H3,(H,22,23). The molecule has 1 heterocycles. The number of carboxylic acids is 1. The van der Waals surface area contributed by atoms with Crippen LogP contribution in [0.25, 0.3) is 0 Å². The number of thiol groups is 1. The lowest BCUT2D eigenvalue weighted by Gasteiger charge is -2.31. The number of aliphatic carboxylic acids is 1. The second-order valence-corrected chi connectivity index (χ2v) is 9.94. The van der Waals surface area contributed by atoms with E-state index >= 15 is 0 Å². The summed E-state index contributed by atoms with van der Waals surface area (Å²) in [7, 11) is 3.55. The van der Waals surface area contributed by atoms with Crippen molar-refractivity contribution in [3.8, 4) is 5.75 Å². The third-order valence-electron chi connectivity index (χ3n) is 5.33. The molecule has 0 spiro atoms. The number of hydrogen-bond donors (Lipinski definition) is 2. The Hall–Kier alpha value is -1.11. The molecule has 0 radical (unpaired) electrons. The summed E-state index contributed by atoms with van der Waals surface area (Å²) in [4.78, 5) is 13.5. The molecule has 0 saturated heterocycles. The van der Waals surface area contributed by atoms with Gasteiger partial charge in [-0.05, 0) is 65.5 Å². The van der Waals surface area contributed by atoms with Gasteiger partial charge in [0.05, 0.1) is 18.3 Å². The highest BCUT2D eigenvalue weighted by molar-refractivity contribution is 8.03. The van der Waals surface area contributed by atoms with Gasteiger partial charge in [-0.1, -0.05) is 32.7 Å². The lowest BCUT2D eigenvalue weighted by atomic mass is 9.73. The number of carbonyl (C=O) groups is 1. The number of rotatable bonds is 5. The molecule has 0 aromatic heterocycles. The summed E-state index contributed by atoms with van der Waals surface area (Å²) in [5, 5.41) is 9.94. The number of allylic oxidation sites excluding steroid dienone is 1. The number of carboxylic acid groups (broad SMARTS) is 1. The van der Waals surface area contributed by atoms with Gasteiger partial charge >= 0.3 is 5.97 Å². The lowest BCUT2D eigenvalue weighted by Crippen LogP contribution is -2.25. The van der Waals surface area contributed by atoms with E-state index in [1.165, 1.54) is 4.91 Å². The van der Waals surface area contributed by atoms with E-state index in [2.05, 4.69) is 26.7 Å². The summed E-state index contributed by atoms with van der Waals surface area (Å²) in [5.41, 5.74) is 3.46. The van der Waals surface area contributed by atoms with Crippen molar-refractivity contribution in [2.45, 2.75) is 44.9 Å². The molecule has 3 rings (SSSR count). The third-order valence-corrected chi connectivity index (χ3v) is 7.00. The number of methoxy groups -OCH3 is 1. The van der Waals surface area contributed by atoms with E-state index in [1.807, 2.05) is 29.6 Å². The quantitative estimate of drug-likeness (QED) is 0.695. The molecule has 2 aliphatic rings. The molecule has 0 amide bonds. The minimum absolute atomic E-state index is 0.107. The monoisotopic (exact) mass is 393 g/mol. The molecule has 4 nitrogen and oxygen atoms in total. The van der Waals surface area contributed by atoms with Crippen LogP contribution < -0.4 is 4.74 Å². The maximum absolute atomic E-state index is 12.2. The third kappa shape index (κ3) is 3.92. The number of thioether (sulfide) groups is 1. The van der Waals surface area contributed by atoms with Gasteiger partial charge in [0, 0.05) is 6.54 Å². The minimum Gasteiger partial charge on any atom is -0.497 e. The van der Waals surface area contributed by atoms with Crippen LogP contribution in [-0.2, 0) is 11.3 Å². The van der Waals surface area contributed by atoms with Crippen molar-refractivity contribution in [1.29, 1.82) is 0 Å². The first-order valence-electron chi connectivity index (χ1n) is 8.90. The van der Waals surface area contributed by atoms with Crippen LogP contribution in [0.4, 0.5) is 0 Å². The normalized spacial score (nSPS) is 24.7. The van der Waals surface area contributed by atoms with Crippen LogP contribution in [-0.4, -0.2) is 29.5 Å². The first-order valence-corrected chi connectivity index (χ1v) is 10.2. The Kier molecular flexibility index (Phi) is 5.66. The van der Waals surface area contributed by atoms with Gasteiger partial charge in [0.25, 0.3) is 0 Å². The number of ether oxygens (including phenoxy) is 1. The van der Waals surface area contributed by atoms with E-state index in [4.69, 9.17) is 4.74 Å². The molecule has 1 aromatic rings. The molecule has 0 fully saturated rings. The fourth-order valence-electron chi connectivity index (χ4n) is 4.01. The molecule has 142 valence electrons. The van der Waals surface area contributed by atoms with Crippen molar-refractivity contribution >= 4 is 30.5 Å². The van der Waals surface area contributed by atoms with E-state index < -0.39 is 11.9 Å². The smallest absolute Gasteiger partial charge is 0.312 e. The summed E-state index contributed by atoms with van der Waals surface area (Å²) < 4.78 is 7.24. The summed E-state index contributed by atoms with van der Waals surface area (Å²) in [6, 6.07) is 5.97. The molecule has 1 N–H and O–H groups in total.